The van der Waals surface area contributed by atoms with Crippen molar-refractivity contribution in [1.29, 1.82) is 0 Å². The quantitative estimate of drug-likeness (QED) is 0.814. The van der Waals surface area contributed by atoms with Gasteiger partial charge in [0.05, 0.1) is 17.8 Å². The first-order chi connectivity index (χ1) is 7.59. The fourth-order valence-electron chi connectivity index (χ4n) is 1.09. The number of halogens is 2. The third-order valence-corrected chi connectivity index (χ3v) is 2.74. The summed E-state index contributed by atoms with van der Waals surface area (Å²) in [6.07, 6.45) is 1.30. The molecular weight excluding hydrogens is 255 g/mol. The van der Waals surface area contributed by atoms with Crippen LogP contribution in [0.25, 0.3) is 0 Å². The Balaban J connectivity index is 2.40. The van der Waals surface area contributed by atoms with Crippen LogP contribution in [0.3, 0.4) is 0 Å². The second-order valence-corrected chi connectivity index (χ2v) is 3.85. The predicted molar refractivity (Wildman–Crippen MR) is 56.7 cm³/mol. The van der Waals surface area contributed by atoms with Crippen molar-refractivity contribution in [2.75, 3.05) is 0 Å². The Kier molecular flexibility index (Phi) is 2.93. The average molecular weight is 261 g/mol. The van der Waals surface area contributed by atoms with Gasteiger partial charge in [0.1, 0.15) is 16.4 Å². The molecule has 2 aromatic heterocycles. The molecule has 2 rings (SSSR count). The molecule has 0 aromatic carbocycles. The Bertz CT molecular complexity index is 578. The molecule has 2 heterocycles. The van der Waals surface area contributed by atoms with Crippen LogP contribution >= 0.6 is 23.2 Å². The molecule has 0 bridgehead atoms. The first-order valence-electron chi connectivity index (χ1n) is 4.28. The van der Waals surface area contributed by atoms with E-state index in [4.69, 9.17) is 23.2 Å². The van der Waals surface area contributed by atoms with Crippen LogP contribution in [0, 0.1) is 6.92 Å². The Morgan fingerprint density at radius 2 is 2.19 bits per heavy atom. The van der Waals surface area contributed by atoms with Crippen molar-refractivity contribution in [3.8, 4) is 0 Å². The fourth-order valence-corrected chi connectivity index (χ4v) is 1.36. The van der Waals surface area contributed by atoms with Gasteiger partial charge in [-0.3, -0.25) is 4.79 Å². The third-order valence-electron chi connectivity index (χ3n) is 1.99. The zero-order valence-electron chi connectivity index (χ0n) is 8.15. The SMILES string of the molecule is Cc1nonc1Cn1ncc(Cl)c(Cl)c1=O. The lowest BCUT2D eigenvalue weighted by atomic mass is 10.3. The number of aromatic nitrogens is 4. The maximum Gasteiger partial charge on any atom is 0.287 e. The van der Waals surface area contributed by atoms with Gasteiger partial charge in [0, 0.05) is 0 Å². The lowest BCUT2D eigenvalue weighted by Gasteiger charge is -2.02. The third kappa shape index (κ3) is 1.94. The summed E-state index contributed by atoms with van der Waals surface area (Å²) in [6, 6.07) is 0. The molecule has 8 heteroatoms. The summed E-state index contributed by atoms with van der Waals surface area (Å²) in [4.78, 5) is 11.6. The van der Waals surface area contributed by atoms with Crippen molar-refractivity contribution in [2.24, 2.45) is 0 Å². The number of hydrogen-bond acceptors (Lipinski definition) is 5. The maximum atomic E-state index is 11.6. The van der Waals surface area contributed by atoms with Gasteiger partial charge in [0.25, 0.3) is 5.56 Å². The zero-order chi connectivity index (χ0) is 11.7. The molecule has 0 aliphatic rings. The van der Waals surface area contributed by atoms with Gasteiger partial charge in [-0.2, -0.15) is 5.10 Å². The van der Waals surface area contributed by atoms with Gasteiger partial charge < -0.3 is 0 Å². The molecule has 0 saturated heterocycles. The molecule has 0 radical (unpaired) electrons. The van der Waals surface area contributed by atoms with Crippen LogP contribution in [0.5, 0.6) is 0 Å². The molecule has 0 saturated carbocycles. The first kappa shape index (κ1) is 11.1. The summed E-state index contributed by atoms with van der Waals surface area (Å²) in [5.74, 6) is 0. The monoisotopic (exact) mass is 260 g/mol. The van der Waals surface area contributed by atoms with Gasteiger partial charge in [-0.25, -0.2) is 9.31 Å². The van der Waals surface area contributed by atoms with Crippen molar-refractivity contribution in [1.82, 2.24) is 20.1 Å². The minimum atomic E-state index is -0.475. The average Bonchev–Trinajstić information content (AvgIpc) is 2.65. The van der Waals surface area contributed by atoms with Crippen LogP contribution in [0.15, 0.2) is 15.6 Å². The van der Waals surface area contributed by atoms with E-state index in [1.165, 1.54) is 6.20 Å². The molecule has 0 aliphatic carbocycles. The van der Waals surface area contributed by atoms with E-state index in [0.717, 1.165) is 4.68 Å². The molecule has 0 aliphatic heterocycles. The van der Waals surface area contributed by atoms with Gasteiger partial charge in [0.15, 0.2) is 0 Å². The molecule has 2 aromatic rings. The van der Waals surface area contributed by atoms with Crippen LogP contribution < -0.4 is 5.56 Å². The van der Waals surface area contributed by atoms with Gasteiger partial charge in [-0.05, 0) is 6.92 Å². The topological polar surface area (TPSA) is 73.8 Å². The van der Waals surface area contributed by atoms with E-state index in [1.807, 2.05) is 0 Å². The lowest BCUT2D eigenvalue weighted by molar-refractivity contribution is 0.300. The van der Waals surface area contributed by atoms with Gasteiger partial charge >= 0.3 is 0 Å². The van der Waals surface area contributed by atoms with Crippen molar-refractivity contribution < 1.29 is 4.63 Å². The highest BCUT2D eigenvalue weighted by Crippen LogP contribution is 2.14. The summed E-state index contributed by atoms with van der Waals surface area (Å²) in [7, 11) is 0. The van der Waals surface area contributed by atoms with Crippen LogP contribution in [-0.4, -0.2) is 20.1 Å². The molecule has 0 spiro atoms. The molecular formula is C8H6Cl2N4O2. The van der Waals surface area contributed by atoms with Crippen molar-refractivity contribution in [3.63, 3.8) is 0 Å². The Morgan fingerprint density at radius 1 is 1.44 bits per heavy atom. The van der Waals surface area contributed by atoms with Gasteiger partial charge in [0.2, 0.25) is 0 Å². The largest absolute Gasteiger partial charge is 0.287 e. The van der Waals surface area contributed by atoms with Crippen molar-refractivity contribution in [2.45, 2.75) is 13.5 Å². The van der Waals surface area contributed by atoms with E-state index in [0.29, 0.717) is 11.4 Å². The van der Waals surface area contributed by atoms with E-state index in [2.05, 4.69) is 20.0 Å². The smallest absolute Gasteiger partial charge is 0.266 e. The van der Waals surface area contributed by atoms with E-state index in [-0.39, 0.29) is 16.6 Å². The predicted octanol–water partition coefficient (Wildman–Crippen LogP) is 1.29. The standard InChI is InChI=1S/C8H6Cl2N4O2/c1-4-6(13-16-12-4)3-14-8(15)7(10)5(9)2-11-14/h2H,3H2,1H3. The molecule has 0 unspecified atom stereocenters. The normalized spacial score (nSPS) is 10.7. The van der Waals surface area contributed by atoms with E-state index in [9.17, 15) is 4.79 Å². The molecule has 0 atom stereocenters. The summed E-state index contributed by atoms with van der Waals surface area (Å²) >= 11 is 11.3. The Hall–Kier alpha value is -1.40. The lowest BCUT2D eigenvalue weighted by Crippen LogP contribution is -2.24. The van der Waals surface area contributed by atoms with Crippen molar-refractivity contribution >= 4 is 23.2 Å². The zero-order valence-corrected chi connectivity index (χ0v) is 9.66. The fraction of sp³-hybridized carbons (Fsp3) is 0.250. The Labute approximate surface area is 99.7 Å². The van der Waals surface area contributed by atoms with Crippen LogP contribution in [0.2, 0.25) is 10.0 Å². The second kappa shape index (κ2) is 4.23. The van der Waals surface area contributed by atoms with E-state index < -0.39 is 5.56 Å². The van der Waals surface area contributed by atoms with Crippen molar-refractivity contribution in [3.05, 3.63) is 38.0 Å². The number of hydrogen-bond donors (Lipinski definition) is 0. The highest BCUT2D eigenvalue weighted by molar-refractivity contribution is 6.41. The van der Waals surface area contributed by atoms with E-state index >= 15 is 0 Å². The summed E-state index contributed by atoms with van der Waals surface area (Å²) in [5, 5.41) is 11.1. The molecule has 0 fully saturated rings. The van der Waals surface area contributed by atoms with E-state index in [1.54, 1.807) is 6.92 Å². The van der Waals surface area contributed by atoms with Crippen LogP contribution in [0.1, 0.15) is 11.4 Å². The minimum Gasteiger partial charge on any atom is -0.266 e. The van der Waals surface area contributed by atoms with Gasteiger partial charge in [-0.15, -0.1) is 0 Å². The highest BCUT2D eigenvalue weighted by Gasteiger charge is 2.11. The molecule has 16 heavy (non-hydrogen) atoms. The minimum absolute atomic E-state index is 0.0641. The maximum absolute atomic E-state index is 11.6. The number of nitrogens with zero attached hydrogens (tertiary/aromatic N) is 4. The number of aryl methyl sites for hydroxylation is 1. The summed E-state index contributed by atoms with van der Waals surface area (Å²) in [6.45, 7) is 1.86. The van der Waals surface area contributed by atoms with Crippen LogP contribution in [0.4, 0.5) is 0 Å². The summed E-state index contributed by atoms with van der Waals surface area (Å²) in [5.41, 5.74) is 0.643. The highest BCUT2D eigenvalue weighted by atomic mass is 35.5. The van der Waals surface area contributed by atoms with Gasteiger partial charge in [-0.1, -0.05) is 33.5 Å². The molecule has 0 amide bonds. The second-order valence-electron chi connectivity index (χ2n) is 3.07. The molecule has 0 N–H and O–H groups in total. The molecule has 6 nitrogen and oxygen atoms in total. The first-order valence-corrected chi connectivity index (χ1v) is 5.04. The van der Waals surface area contributed by atoms with Crippen LogP contribution in [-0.2, 0) is 6.54 Å². The molecule has 84 valence electrons. The Morgan fingerprint density at radius 3 is 2.81 bits per heavy atom. The number of rotatable bonds is 2. The summed E-state index contributed by atoms with van der Waals surface area (Å²) < 4.78 is 5.65.